The van der Waals surface area contributed by atoms with Crippen LogP contribution in [0.2, 0.25) is 15.8 Å². The first-order chi connectivity index (χ1) is 11.0. The Morgan fingerprint density at radius 2 is 0.583 bits per heavy atom. The minimum Gasteiger partial charge on any atom is -0.343 e. The van der Waals surface area contributed by atoms with Crippen LogP contribution in [-0.4, -0.2) is 14.1 Å². The van der Waals surface area contributed by atoms with Crippen LogP contribution in [0.25, 0.3) is 0 Å². The van der Waals surface area contributed by atoms with Crippen LogP contribution in [-0.2, 0) is 21.7 Å². The fraction of sp³-hybridized carbons (Fsp3) is 0.818. The summed E-state index contributed by atoms with van der Waals surface area (Å²) in [7, 11) is 0. The average Bonchev–Trinajstić information content (AvgIpc) is 2.63. The number of hydrogen-bond acceptors (Lipinski definition) is 0. The van der Waals surface area contributed by atoms with Gasteiger partial charge < -0.3 is 27.7 Å². The molecule has 0 fully saturated rings. The zero-order valence-corrected chi connectivity index (χ0v) is 21.4. The van der Waals surface area contributed by atoms with Gasteiger partial charge in [0.25, 0.3) is 14.1 Å². The van der Waals surface area contributed by atoms with Crippen LogP contribution in [0.1, 0.15) is 99.8 Å². The molecule has 0 atom stereocenters. The van der Waals surface area contributed by atoms with Crippen molar-refractivity contribution in [1.29, 1.82) is 0 Å². The summed E-state index contributed by atoms with van der Waals surface area (Å²) in [4.78, 5) is 0. The molecule has 0 aromatic rings. The molecule has 0 amide bonds. The molecule has 0 rings (SSSR count). The van der Waals surface area contributed by atoms with Gasteiger partial charge in [0.15, 0.2) is 0 Å². The molecule has 0 aromatic carbocycles. The van der Waals surface area contributed by atoms with E-state index in [1.165, 1.54) is 41.5 Å². The van der Waals surface area contributed by atoms with Gasteiger partial charge in [0.05, 0.1) is 0 Å². The van der Waals surface area contributed by atoms with E-state index < -0.39 is 0 Å². The summed E-state index contributed by atoms with van der Waals surface area (Å²) < 4.78 is 0. The Morgan fingerprint density at radius 1 is 0.458 bits per heavy atom. The van der Waals surface area contributed by atoms with E-state index in [9.17, 15) is 0 Å². The number of hydrogen-bond donors (Lipinski definition) is 0. The largest absolute Gasteiger partial charge is 4.00 e. The van der Waals surface area contributed by atoms with Gasteiger partial charge in [0.1, 0.15) is 0 Å². The Bertz CT molecular complexity index is 85.0. The van der Waals surface area contributed by atoms with Crippen LogP contribution in [0, 0.1) is 27.7 Å². The Kier molecular flexibility index (Phi) is 94.1. The Morgan fingerprint density at radius 3 is 0.583 bits per heavy atom. The normalized spacial score (nSPS) is 7.62. The summed E-state index contributed by atoms with van der Waals surface area (Å²) in [5, 5.41) is 4.48. The van der Waals surface area contributed by atoms with Gasteiger partial charge in [0, 0.05) is 0 Å². The van der Waals surface area contributed by atoms with E-state index in [4.69, 9.17) is 0 Å². The molecule has 146 valence electrons. The molecule has 0 heterocycles. The van der Waals surface area contributed by atoms with Crippen molar-refractivity contribution in [3.63, 3.8) is 0 Å². The second-order valence-corrected chi connectivity index (χ2v) is 9.69. The molecule has 0 saturated carbocycles. The summed E-state index contributed by atoms with van der Waals surface area (Å²) >= 11 is -0.171. The fourth-order valence-corrected chi connectivity index (χ4v) is 2.60. The summed E-state index contributed by atoms with van der Waals surface area (Å²) in [6.07, 6.45) is 9.11. The smallest absolute Gasteiger partial charge is 0.343 e. The molecule has 24 heavy (non-hydrogen) atoms. The fourth-order valence-electron chi connectivity index (χ4n) is 0.866. The molecule has 0 unspecified atom stereocenters. The van der Waals surface area contributed by atoms with Gasteiger partial charge in [-0.1, -0.05) is 90.0 Å². The van der Waals surface area contributed by atoms with Crippen molar-refractivity contribution in [2.45, 2.75) is 116 Å². The van der Waals surface area contributed by atoms with Crippen molar-refractivity contribution in [3.05, 3.63) is 27.7 Å². The second kappa shape index (κ2) is 56.4. The first-order valence-electron chi connectivity index (χ1n) is 10.2. The molecular weight excluding hydrogens is 339 g/mol. The Hall–Kier alpha value is 1.25. The molecule has 0 aromatic heterocycles. The predicted molar refractivity (Wildman–Crippen MR) is 118 cm³/mol. The average molecular weight is 390 g/mol. The molecule has 0 bridgehead atoms. The van der Waals surface area contributed by atoms with E-state index in [0.717, 1.165) is 25.7 Å². The monoisotopic (exact) mass is 390 g/mol. The quantitative estimate of drug-likeness (QED) is 0.300. The van der Waals surface area contributed by atoms with E-state index in [2.05, 4.69) is 76.2 Å². The van der Waals surface area contributed by atoms with Crippen molar-refractivity contribution in [2.24, 2.45) is 0 Å². The van der Waals surface area contributed by atoms with Crippen molar-refractivity contribution < 1.29 is 21.7 Å². The van der Waals surface area contributed by atoms with Crippen molar-refractivity contribution in [1.82, 2.24) is 0 Å². The summed E-state index contributed by atoms with van der Waals surface area (Å²) in [5.41, 5.74) is 0. The van der Waals surface area contributed by atoms with Crippen LogP contribution in [0.4, 0.5) is 0 Å². The van der Waals surface area contributed by atoms with Crippen LogP contribution in [0.5, 0.6) is 0 Å². The number of rotatable bonds is 7. The van der Waals surface area contributed by atoms with E-state index >= 15 is 0 Å². The zero-order valence-electron chi connectivity index (χ0n) is 18.7. The van der Waals surface area contributed by atoms with Gasteiger partial charge in [-0.15, -0.1) is 0 Å². The van der Waals surface area contributed by atoms with Gasteiger partial charge in [0.2, 0.25) is 0 Å². The zero-order chi connectivity index (χ0) is 19.4. The molecule has 0 saturated heterocycles. The van der Waals surface area contributed by atoms with Crippen LogP contribution in [0.15, 0.2) is 0 Å². The maximum atomic E-state index is 3.60. The first kappa shape index (κ1) is 40.1. The minimum atomic E-state index is -0.171. The third kappa shape index (κ3) is 91.0. The predicted octanol–water partition coefficient (Wildman–Crippen LogP) is 9.02. The maximum absolute atomic E-state index is 3.60. The van der Waals surface area contributed by atoms with Gasteiger partial charge in [-0.3, -0.25) is 0 Å². The Labute approximate surface area is 178 Å². The van der Waals surface area contributed by atoms with Gasteiger partial charge in [-0.25, -0.2) is 0 Å². The first-order valence-corrected chi connectivity index (χ1v) is 12.6. The molecule has 0 radical (unpaired) electrons. The standard InChI is InChI=1S/4C4H9.3C2H5.Al.Ti/c4*1-3-4-2;3*1-2;;/h4*1,3-4H2,2H3;3*1H2,2H3;;/q4*-1;;;;;+4. The third-order valence-corrected chi connectivity index (χ3v) is 6.61. The molecule has 0 aliphatic heterocycles. The Balaban J connectivity index is -0.0000000429. The van der Waals surface area contributed by atoms with Gasteiger partial charge in [-0.2, -0.15) is 25.7 Å². The summed E-state index contributed by atoms with van der Waals surface area (Å²) in [6, 6.07) is 0. The number of unbranched alkanes of at least 4 members (excludes halogenated alkanes) is 4. The molecular formula is C22H51AlTi. The molecule has 0 aliphatic rings. The van der Waals surface area contributed by atoms with Crippen LogP contribution in [0.3, 0.4) is 0 Å². The summed E-state index contributed by atoms with van der Waals surface area (Å²) in [6.45, 7) is 29.9. The molecule has 0 aliphatic carbocycles. The summed E-state index contributed by atoms with van der Waals surface area (Å²) in [5.74, 6) is 0. The molecule has 0 nitrogen and oxygen atoms in total. The molecule has 0 spiro atoms. The van der Waals surface area contributed by atoms with Crippen molar-refractivity contribution >= 4 is 14.1 Å². The van der Waals surface area contributed by atoms with Crippen molar-refractivity contribution in [2.75, 3.05) is 0 Å². The van der Waals surface area contributed by atoms with E-state index in [1.807, 2.05) is 0 Å². The van der Waals surface area contributed by atoms with E-state index in [-0.39, 0.29) is 35.9 Å². The third-order valence-electron chi connectivity index (χ3n) is 3.15. The van der Waals surface area contributed by atoms with Crippen LogP contribution < -0.4 is 0 Å². The SMILES string of the molecule is C[CH2][Al]([CH2]C)[CH2]C.[CH2-]CCC.[CH2-]CCC.[CH2-]CCC.[CH2-]CCC.[Ti+4]. The van der Waals surface area contributed by atoms with Crippen LogP contribution >= 0.6 is 0 Å². The van der Waals surface area contributed by atoms with Gasteiger partial charge in [-0.05, 0) is 0 Å². The topological polar surface area (TPSA) is 0 Å². The van der Waals surface area contributed by atoms with Gasteiger partial charge >= 0.3 is 21.7 Å². The molecule has 0 N–H and O–H groups in total. The van der Waals surface area contributed by atoms with E-state index in [1.54, 1.807) is 0 Å². The van der Waals surface area contributed by atoms with Crippen molar-refractivity contribution in [3.8, 4) is 0 Å². The molecule has 2 heteroatoms. The van der Waals surface area contributed by atoms with E-state index in [0.29, 0.717) is 0 Å². The second-order valence-electron chi connectivity index (χ2n) is 5.50. The maximum Gasteiger partial charge on any atom is 4.00 e. The minimum absolute atomic E-state index is 0.